The zero-order valence-corrected chi connectivity index (χ0v) is 14.5. The lowest BCUT2D eigenvalue weighted by Gasteiger charge is -2.26. The summed E-state index contributed by atoms with van der Waals surface area (Å²) in [6.07, 6.45) is 5.66. The first-order chi connectivity index (χ1) is 12.0. The van der Waals surface area contributed by atoms with Gasteiger partial charge in [-0.3, -0.25) is 9.59 Å². The summed E-state index contributed by atoms with van der Waals surface area (Å²) in [5, 5.41) is 7.38. The highest BCUT2D eigenvalue weighted by Gasteiger charge is 2.24. The van der Waals surface area contributed by atoms with Crippen molar-refractivity contribution in [3.05, 3.63) is 29.2 Å². The molecule has 0 bridgehead atoms. The van der Waals surface area contributed by atoms with E-state index in [1.807, 2.05) is 0 Å². The van der Waals surface area contributed by atoms with Crippen LogP contribution < -0.4 is 11.1 Å². The first-order valence-electron chi connectivity index (χ1n) is 8.47. The van der Waals surface area contributed by atoms with Crippen molar-refractivity contribution in [1.82, 2.24) is 19.9 Å². The highest BCUT2D eigenvalue weighted by Crippen LogP contribution is 2.24. The smallest absolute Gasteiger partial charge is 0.270 e. The van der Waals surface area contributed by atoms with Crippen molar-refractivity contribution in [2.75, 3.05) is 7.11 Å². The van der Waals surface area contributed by atoms with Crippen molar-refractivity contribution in [2.45, 2.75) is 45.3 Å². The third-order valence-electron chi connectivity index (χ3n) is 4.70. The molecule has 0 unspecified atom stereocenters. The lowest BCUT2D eigenvalue weighted by molar-refractivity contribution is 0.0914. The number of primary amides is 1. The predicted octanol–water partition coefficient (Wildman–Crippen LogP) is 1.28. The molecule has 0 radical (unpaired) electrons. The standard InChI is InChI=1S/C17H23N5O3/c1-10-3-5-11(6-4-10)20-17(24)13-7-8-19-16-14(15(18)23)12(9-25-2)21-22(13)16/h7-8,10-11H,3-6,9H2,1-2H3,(H2,18,23)(H,20,24). The molecule has 0 spiro atoms. The normalized spacial score (nSPS) is 20.6. The van der Waals surface area contributed by atoms with Crippen molar-refractivity contribution in [2.24, 2.45) is 11.7 Å². The number of nitrogens with one attached hydrogen (secondary N) is 1. The molecule has 3 N–H and O–H groups in total. The number of aromatic nitrogens is 3. The minimum Gasteiger partial charge on any atom is -0.378 e. The maximum atomic E-state index is 12.7. The van der Waals surface area contributed by atoms with E-state index in [9.17, 15) is 9.59 Å². The Bertz CT molecular complexity index is 793. The van der Waals surface area contributed by atoms with Gasteiger partial charge in [0.1, 0.15) is 17.0 Å². The molecule has 8 heteroatoms. The van der Waals surface area contributed by atoms with Gasteiger partial charge in [0.2, 0.25) is 0 Å². The maximum absolute atomic E-state index is 12.7. The second-order valence-corrected chi connectivity index (χ2v) is 6.61. The van der Waals surface area contributed by atoms with E-state index in [-0.39, 0.29) is 29.8 Å². The molecule has 0 atom stereocenters. The van der Waals surface area contributed by atoms with Crippen LogP contribution >= 0.6 is 0 Å². The molecule has 3 rings (SSSR count). The van der Waals surface area contributed by atoms with E-state index in [0.717, 1.165) is 25.7 Å². The number of carbonyl (C=O) groups is 2. The number of methoxy groups -OCH3 is 1. The summed E-state index contributed by atoms with van der Waals surface area (Å²) in [6.45, 7) is 2.35. The van der Waals surface area contributed by atoms with E-state index < -0.39 is 5.91 Å². The number of amides is 2. The van der Waals surface area contributed by atoms with Crippen LogP contribution in [0.1, 0.15) is 59.1 Å². The third kappa shape index (κ3) is 3.48. The molecule has 1 aliphatic carbocycles. The minimum absolute atomic E-state index is 0.114. The molecular formula is C17H23N5O3. The van der Waals surface area contributed by atoms with Crippen LogP contribution in [0.15, 0.2) is 12.3 Å². The second kappa shape index (κ2) is 7.18. The van der Waals surface area contributed by atoms with Crippen molar-refractivity contribution in [3.63, 3.8) is 0 Å². The Kier molecular flexibility index (Phi) is 4.98. The molecule has 2 aromatic rings. The molecule has 25 heavy (non-hydrogen) atoms. The summed E-state index contributed by atoms with van der Waals surface area (Å²) in [7, 11) is 1.50. The zero-order valence-electron chi connectivity index (χ0n) is 14.5. The molecule has 1 aliphatic rings. The number of nitrogens with two attached hydrogens (primary N) is 1. The molecule has 2 aromatic heterocycles. The summed E-state index contributed by atoms with van der Waals surface area (Å²) in [6, 6.07) is 1.75. The van der Waals surface area contributed by atoms with E-state index in [1.165, 1.54) is 17.8 Å². The van der Waals surface area contributed by atoms with Gasteiger partial charge in [-0.05, 0) is 37.7 Å². The largest absolute Gasteiger partial charge is 0.378 e. The molecule has 0 aliphatic heterocycles. The van der Waals surface area contributed by atoms with Crippen LogP contribution in [0.3, 0.4) is 0 Å². The quantitative estimate of drug-likeness (QED) is 0.848. The summed E-state index contributed by atoms with van der Waals surface area (Å²) < 4.78 is 6.44. The summed E-state index contributed by atoms with van der Waals surface area (Å²) >= 11 is 0. The van der Waals surface area contributed by atoms with Crippen LogP contribution in [-0.2, 0) is 11.3 Å². The average molecular weight is 345 g/mol. The van der Waals surface area contributed by atoms with E-state index in [2.05, 4.69) is 22.3 Å². The number of hydrogen-bond donors (Lipinski definition) is 2. The minimum atomic E-state index is -0.645. The molecule has 1 saturated carbocycles. The number of carbonyl (C=O) groups excluding carboxylic acids is 2. The Hall–Kier alpha value is -2.48. The van der Waals surface area contributed by atoms with Crippen molar-refractivity contribution < 1.29 is 14.3 Å². The van der Waals surface area contributed by atoms with Crippen molar-refractivity contribution in [3.8, 4) is 0 Å². The van der Waals surface area contributed by atoms with Crippen LogP contribution in [-0.4, -0.2) is 39.6 Å². The molecule has 2 amide bonds. The predicted molar refractivity (Wildman–Crippen MR) is 91.1 cm³/mol. The summed E-state index contributed by atoms with van der Waals surface area (Å²) in [5.74, 6) is -0.163. The topological polar surface area (TPSA) is 112 Å². The van der Waals surface area contributed by atoms with Gasteiger partial charge in [-0.15, -0.1) is 0 Å². The highest BCUT2D eigenvalue weighted by atomic mass is 16.5. The van der Waals surface area contributed by atoms with Crippen LogP contribution in [0.5, 0.6) is 0 Å². The second-order valence-electron chi connectivity index (χ2n) is 6.61. The van der Waals surface area contributed by atoms with Crippen molar-refractivity contribution in [1.29, 1.82) is 0 Å². The van der Waals surface area contributed by atoms with Gasteiger partial charge in [-0.1, -0.05) is 6.92 Å². The van der Waals surface area contributed by atoms with E-state index >= 15 is 0 Å². The van der Waals surface area contributed by atoms with E-state index in [4.69, 9.17) is 10.5 Å². The maximum Gasteiger partial charge on any atom is 0.270 e. The Morgan fingerprint density at radius 3 is 2.72 bits per heavy atom. The lowest BCUT2D eigenvalue weighted by Crippen LogP contribution is -2.38. The first kappa shape index (κ1) is 17.3. The van der Waals surface area contributed by atoms with Crippen molar-refractivity contribution >= 4 is 17.5 Å². The number of ether oxygens (including phenoxy) is 1. The van der Waals surface area contributed by atoms with E-state index in [1.54, 1.807) is 6.07 Å². The fourth-order valence-electron chi connectivity index (χ4n) is 3.32. The fourth-order valence-corrected chi connectivity index (χ4v) is 3.32. The van der Waals surface area contributed by atoms with Crippen LogP contribution in [0.25, 0.3) is 5.65 Å². The Balaban J connectivity index is 1.92. The van der Waals surface area contributed by atoms with Crippen LogP contribution in [0.2, 0.25) is 0 Å². The fraction of sp³-hybridized carbons (Fsp3) is 0.529. The Morgan fingerprint density at radius 1 is 1.36 bits per heavy atom. The summed E-state index contributed by atoms with van der Waals surface area (Å²) in [4.78, 5) is 28.7. The molecule has 0 aromatic carbocycles. The van der Waals surface area contributed by atoms with Gasteiger partial charge in [0.25, 0.3) is 11.8 Å². The van der Waals surface area contributed by atoms with Gasteiger partial charge in [0, 0.05) is 19.3 Å². The molecule has 134 valence electrons. The third-order valence-corrected chi connectivity index (χ3v) is 4.70. The highest BCUT2D eigenvalue weighted by molar-refractivity contribution is 6.01. The number of rotatable bonds is 5. The van der Waals surface area contributed by atoms with Gasteiger partial charge >= 0.3 is 0 Å². The summed E-state index contributed by atoms with van der Waals surface area (Å²) in [5.41, 5.74) is 6.60. The Morgan fingerprint density at radius 2 is 2.08 bits per heavy atom. The van der Waals surface area contributed by atoms with Crippen LogP contribution in [0.4, 0.5) is 0 Å². The average Bonchev–Trinajstić information content (AvgIpc) is 2.95. The van der Waals surface area contributed by atoms with Crippen LogP contribution in [0, 0.1) is 5.92 Å². The van der Waals surface area contributed by atoms with Gasteiger partial charge in [0.15, 0.2) is 5.65 Å². The molecule has 8 nitrogen and oxygen atoms in total. The van der Waals surface area contributed by atoms with Gasteiger partial charge in [-0.25, -0.2) is 9.50 Å². The van der Waals surface area contributed by atoms with Gasteiger partial charge in [-0.2, -0.15) is 5.10 Å². The zero-order chi connectivity index (χ0) is 18.0. The number of hydrogen-bond acceptors (Lipinski definition) is 5. The van der Waals surface area contributed by atoms with Gasteiger partial charge in [0.05, 0.1) is 6.61 Å². The van der Waals surface area contributed by atoms with E-state index in [0.29, 0.717) is 17.3 Å². The molecular weight excluding hydrogens is 322 g/mol. The molecule has 2 heterocycles. The monoisotopic (exact) mass is 345 g/mol. The Labute approximate surface area is 145 Å². The first-order valence-corrected chi connectivity index (χ1v) is 8.47. The van der Waals surface area contributed by atoms with Gasteiger partial charge < -0.3 is 15.8 Å². The molecule has 0 saturated heterocycles. The number of nitrogens with zero attached hydrogens (tertiary/aromatic N) is 3. The number of fused-ring (bicyclic) bond motifs is 1. The SMILES string of the molecule is COCc1nn2c(C(=O)NC3CCC(C)CC3)ccnc2c1C(N)=O. The lowest BCUT2D eigenvalue weighted by atomic mass is 9.87. The molecule has 1 fully saturated rings.